The van der Waals surface area contributed by atoms with Crippen LogP contribution in [0.4, 0.5) is 11.4 Å². The SMILES string of the molecule is CC(C)(C)C1=CC(=C(N=Nc2ccc(S(=O)(=O)c3ccc(N=NC(=C4C=C(C(C)(C)C)C(=O)C(C(C)(C)C)=C4)c4ccccc4)c4ccccc34)c3ccccc23)c2ccccc2)C=C(C(C)(C)C)C1=O. The quantitative estimate of drug-likeness (QED) is 0.141. The summed E-state index contributed by atoms with van der Waals surface area (Å²) in [4.78, 5) is 28.1. The minimum absolute atomic E-state index is 0.0246. The number of carbonyl (C=O) groups is 2. The summed E-state index contributed by atoms with van der Waals surface area (Å²) >= 11 is 0. The van der Waals surface area contributed by atoms with Crippen molar-refractivity contribution in [3.05, 3.63) is 202 Å². The van der Waals surface area contributed by atoms with Gasteiger partial charge < -0.3 is 0 Å². The molecule has 2 aliphatic carbocycles. The predicted molar refractivity (Wildman–Crippen MR) is 289 cm³/mol. The highest BCUT2D eigenvalue weighted by Gasteiger charge is 2.36. The van der Waals surface area contributed by atoms with Gasteiger partial charge in [-0.3, -0.25) is 9.59 Å². The molecule has 9 heteroatoms. The molecule has 0 aromatic heterocycles. The van der Waals surface area contributed by atoms with E-state index in [0.717, 1.165) is 22.3 Å². The minimum Gasteiger partial charge on any atom is -0.289 e. The van der Waals surface area contributed by atoms with Crippen molar-refractivity contribution in [2.45, 2.75) is 92.9 Å². The summed E-state index contributed by atoms with van der Waals surface area (Å²) in [5, 5.41) is 21.7. The van der Waals surface area contributed by atoms with Crippen molar-refractivity contribution in [3.63, 3.8) is 0 Å². The zero-order valence-corrected chi connectivity index (χ0v) is 43.7. The van der Waals surface area contributed by atoms with Crippen molar-refractivity contribution in [2.24, 2.45) is 42.1 Å². The van der Waals surface area contributed by atoms with E-state index in [1.807, 2.05) is 204 Å². The molecule has 71 heavy (non-hydrogen) atoms. The molecule has 6 aromatic rings. The Morgan fingerprint density at radius 1 is 0.366 bits per heavy atom. The standard InChI is InChI=1S/C62H62N4O4S/c1-59(2,3)47-35-41(36-48(57(47)67)60(4,5)6)55(39-23-15-13-16-24-39)65-63-51-31-33-53(45-29-21-19-27-43(45)51)71(69,70)54-34-32-52(44-28-20-22-30-46(44)54)64-66-56(40-25-17-14-18-26-40)42-37-49(61(7,8)9)58(68)50(38-42)62(10,11)12/h13-38H,1-12H3. The van der Waals surface area contributed by atoms with Crippen molar-refractivity contribution < 1.29 is 18.0 Å². The van der Waals surface area contributed by atoms with E-state index in [-0.39, 0.29) is 21.4 Å². The molecule has 0 bridgehead atoms. The van der Waals surface area contributed by atoms with Gasteiger partial charge in [-0.05, 0) is 70.2 Å². The molecule has 0 heterocycles. The number of fused-ring (bicyclic) bond motifs is 2. The lowest BCUT2D eigenvalue weighted by molar-refractivity contribution is -0.114. The number of ketones is 2. The Morgan fingerprint density at radius 2 is 0.648 bits per heavy atom. The molecule has 2 aliphatic rings. The van der Waals surface area contributed by atoms with E-state index >= 15 is 8.42 Å². The molecule has 0 unspecified atom stereocenters. The number of nitrogens with zero attached hydrogens (tertiary/aromatic N) is 4. The van der Waals surface area contributed by atoms with Crippen LogP contribution in [0.3, 0.4) is 0 Å². The van der Waals surface area contributed by atoms with Crippen LogP contribution >= 0.6 is 0 Å². The highest BCUT2D eigenvalue weighted by molar-refractivity contribution is 7.92. The largest absolute Gasteiger partial charge is 0.289 e. The molecule has 8 rings (SSSR count). The first-order chi connectivity index (χ1) is 33.4. The van der Waals surface area contributed by atoms with E-state index in [9.17, 15) is 9.59 Å². The van der Waals surface area contributed by atoms with Crippen molar-refractivity contribution in [3.8, 4) is 0 Å². The average molecular weight is 959 g/mol. The van der Waals surface area contributed by atoms with Crippen LogP contribution < -0.4 is 0 Å². The number of rotatable bonds is 8. The van der Waals surface area contributed by atoms with Gasteiger partial charge in [0.05, 0.1) is 21.2 Å². The number of azo groups is 2. The number of benzene rings is 6. The lowest BCUT2D eigenvalue weighted by Gasteiger charge is -2.31. The second kappa shape index (κ2) is 18.8. The molecule has 0 saturated carbocycles. The zero-order chi connectivity index (χ0) is 51.3. The first kappa shape index (κ1) is 50.2. The number of hydrogen-bond donors (Lipinski definition) is 0. The van der Waals surface area contributed by atoms with E-state index in [0.29, 0.717) is 66.6 Å². The van der Waals surface area contributed by atoms with Gasteiger partial charge in [-0.25, -0.2) is 8.42 Å². The van der Waals surface area contributed by atoms with Crippen molar-refractivity contribution in [2.75, 3.05) is 0 Å². The molecule has 8 nitrogen and oxygen atoms in total. The fourth-order valence-corrected chi connectivity index (χ4v) is 10.7. The van der Waals surface area contributed by atoms with Gasteiger partial charge in [0.2, 0.25) is 9.84 Å². The van der Waals surface area contributed by atoms with Gasteiger partial charge >= 0.3 is 0 Å². The summed E-state index contributed by atoms with van der Waals surface area (Å²) < 4.78 is 30.2. The van der Waals surface area contributed by atoms with Crippen molar-refractivity contribution in [1.29, 1.82) is 0 Å². The molecular weight excluding hydrogens is 897 g/mol. The number of allylic oxidation sites excluding steroid dienone is 10. The Bertz CT molecular complexity index is 3220. The van der Waals surface area contributed by atoms with Gasteiger partial charge in [0.25, 0.3) is 0 Å². The van der Waals surface area contributed by atoms with Gasteiger partial charge in [0.15, 0.2) is 11.6 Å². The lowest BCUT2D eigenvalue weighted by Crippen LogP contribution is -2.28. The molecule has 0 N–H and O–H groups in total. The fourth-order valence-electron chi connectivity index (χ4n) is 9.00. The molecule has 360 valence electrons. The fraction of sp³-hybridized carbons (Fsp3) is 0.258. The van der Waals surface area contributed by atoms with Gasteiger partial charge in [-0.15, -0.1) is 20.5 Å². The molecule has 0 radical (unpaired) electrons. The summed E-state index contributed by atoms with van der Waals surface area (Å²) in [5.74, 6) is 0.0492. The Kier molecular flexibility index (Phi) is 13.3. The topological polar surface area (TPSA) is 118 Å². The molecular formula is C62H62N4O4S. The average Bonchev–Trinajstić information content (AvgIpc) is 3.31. The third kappa shape index (κ3) is 10.2. The second-order valence-corrected chi connectivity index (χ2v) is 24.3. The monoisotopic (exact) mass is 958 g/mol. The number of hydrogen-bond acceptors (Lipinski definition) is 8. The molecule has 0 atom stereocenters. The second-order valence-electron chi connectivity index (χ2n) is 22.4. The highest BCUT2D eigenvalue weighted by atomic mass is 32.2. The smallest absolute Gasteiger partial charge is 0.207 e. The van der Waals surface area contributed by atoms with Gasteiger partial charge in [0.1, 0.15) is 11.4 Å². The van der Waals surface area contributed by atoms with Crippen molar-refractivity contribution >= 4 is 65.7 Å². The molecule has 6 aromatic carbocycles. The lowest BCUT2D eigenvalue weighted by atomic mass is 9.71. The molecule has 0 aliphatic heterocycles. The summed E-state index contributed by atoms with van der Waals surface area (Å²) in [6, 6.07) is 40.8. The van der Waals surface area contributed by atoms with E-state index in [1.54, 1.807) is 36.4 Å². The Morgan fingerprint density at radius 3 is 0.944 bits per heavy atom. The maximum absolute atomic E-state index is 15.1. The summed E-state index contributed by atoms with van der Waals surface area (Å²) in [6.45, 7) is 24.5. The predicted octanol–water partition coefficient (Wildman–Crippen LogP) is 16.9. The molecule has 0 amide bonds. The minimum atomic E-state index is -4.16. The zero-order valence-electron chi connectivity index (χ0n) is 42.8. The number of Topliss-reactive ketones (excluding diaryl/α,β-unsaturated/α-hetero) is 2. The normalized spacial score (nSPS) is 15.4. The van der Waals surface area contributed by atoms with E-state index in [2.05, 4.69) is 0 Å². The summed E-state index contributed by atoms with van der Waals surface area (Å²) in [7, 11) is -4.16. The Labute approximate surface area is 419 Å². The molecule has 0 saturated heterocycles. The maximum Gasteiger partial charge on any atom is 0.207 e. The first-order valence-electron chi connectivity index (χ1n) is 24.1. The van der Waals surface area contributed by atoms with Crippen LogP contribution in [0.2, 0.25) is 0 Å². The number of carbonyl (C=O) groups excluding carboxylic acids is 2. The van der Waals surface area contributed by atoms with Crippen LogP contribution in [0, 0.1) is 21.7 Å². The molecule has 0 spiro atoms. The van der Waals surface area contributed by atoms with Crippen LogP contribution in [0.25, 0.3) is 32.9 Å². The van der Waals surface area contributed by atoms with Gasteiger partial charge in [0, 0.05) is 66.1 Å². The maximum atomic E-state index is 15.1. The summed E-state index contributed by atoms with van der Waals surface area (Å²) in [6.07, 6.45) is 7.73. The van der Waals surface area contributed by atoms with Crippen LogP contribution in [0.1, 0.15) is 94.2 Å². The Balaban J connectivity index is 1.24. The third-order valence-corrected chi connectivity index (χ3v) is 14.7. The third-order valence-electron chi connectivity index (χ3n) is 12.9. The van der Waals surface area contributed by atoms with Crippen molar-refractivity contribution in [1.82, 2.24) is 0 Å². The van der Waals surface area contributed by atoms with Crippen LogP contribution in [-0.2, 0) is 19.4 Å². The first-order valence-corrected chi connectivity index (χ1v) is 25.5. The molecule has 0 fully saturated rings. The highest BCUT2D eigenvalue weighted by Crippen LogP contribution is 2.44. The van der Waals surface area contributed by atoms with E-state index < -0.39 is 31.5 Å². The Hall–Kier alpha value is -7.23. The van der Waals surface area contributed by atoms with Crippen LogP contribution in [-0.4, -0.2) is 20.0 Å². The number of sulfone groups is 1. The van der Waals surface area contributed by atoms with E-state index in [1.165, 1.54) is 0 Å². The van der Waals surface area contributed by atoms with Gasteiger partial charge in [-0.1, -0.05) is 192 Å². The van der Waals surface area contributed by atoms with E-state index in [4.69, 9.17) is 20.5 Å². The summed E-state index contributed by atoms with van der Waals surface area (Å²) in [5.41, 5.74) is 6.40. The van der Waals surface area contributed by atoms with Gasteiger partial charge in [-0.2, -0.15) is 0 Å². The van der Waals surface area contributed by atoms with Crippen LogP contribution in [0.15, 0.2) is 221 Å². The van der Waals surface area contributed by atoms with Crippen LogP contribution in [0.5, 0.6) is 0 Å².